The number of hydrogen-bond donors (Lipinski definition) is 0. The zero-order valence-corrected chi connectivity index (χ0v) is 35.2. The summed E-state index contributed by atoms with van der Waals surface area (Å²) in [4.78, 5) is 43.0. The van der Waals surface area contributed by atoms with E-state index in [9.17, 15) is 14.4 Å². The van der Waals surface area contributed by atoms with Crippen LogP contribution in [0.4, 0.5) is 23.2 Å². The monoisotopic (exact) mass is 802 g/mol. The molecule has 6 rings (SSSR count). The molecule has 0 aliphatic carbocycles. The van der Waals surface area contributed by atoms with Gasteiger partial charge in [0, 0.05) is 45.3 Å². The number of carbonyl (C=O) groups is 3. The van der Waals surface area contributed by atoms with E-state index in [1.165, 1.54) is 12.1 Å². The number of carbonyl (C=O) groups excluding carboxylic acids is 3. The minimum absolute atomic E-state index is 0.211. The van der Waals surface area contributed by atoms with Crippen molar-refractivity contribution in [1.29, 1.82) is 0 Å². The van der Waals surface area contributed by atoms with Crippen molar-refractivity contribution in [1.82, 2.24) is 29.5 Å². The molecule has 3 aromatic rings. The Bertz CT molecular complexity index is 1980. The van der Waals surface area contributed by atoms with Crippen LogP contribution < -0.4 is 0 Å². The Morgan fingerprint density at radius 1 is 0.586 bits per heavy atom. The number of benzene rings is 2. The molecule has 0 spiro atoms. The Morgan fingerprint density at radius 2 is 0.966 bits per heavy atom. The standard InChI is InChI=1S/C44H56F2N6O6/c1-42(2,3)56-39(53)49-20-14-28(15-21-49)30-10-12-33(35(45)26-30)37-47-48-38(52(37)32-18-24-51(25-19-32)41(55)58-44(7,8)9)34-13-11-31(27-36(34)46)29-16-22-50(23-17-29)40(54)57-43(4,5)6/h10-14,16,26-27,32H,15,17-25H2,1-9H3. The van der Waals surface area contributed by atoms with Crippen molar-refractivity contribution in [3.63, 3.8) is 0 Å². The molecule has 3 aliphatic heterocycles. The molecule has 1 saturated heterocycles. The summed E-state index contributed by atoms with van der Waals surface area (Å²) in [6.45, 7) is 18.7. The molecule has 3 amide bonds. The first-order chi connectivity index (χ1) is 27.2. The topological polar surface area (TPSA) is 119 Å². The molecule has 312 valence electrons. The average molecular weight is 803 g/mol. The third kappa shape index (κ3) is 10.2. The van der Waals surface area contributed by atoms with Gasteiger partial charge in [0.05, 0.1) is 11.1 Å². The number of aromatic nitrogens is 3. The number of hydrogen-bond acceptors (Lipinski definition) is 8. The van der Waals surface area contributed by atoms with Gasteiger partial charge < -0.3 is 33.5 Å². The molecule has 0 radical (unpaired) electrons. The van der Waals surface area contributed by atoms with Gasteiger partial charge in [-0.15, -0.1) is 10.2 Å². The number of piperidine rings is 1. The van der Waals surface area contributed by atoms with Crippen LogP contribution >= 0.6 is 0 Å². The molecule has 0 unspecified atom stereocenters. The van der Waals surface area contributed by atoms with Gasteiger partial charge in [-0.1, -0.05) is 24.3 Å². The van der Waals surface area contributed by atoms with E-state index in [2.05, 4.69) is 10.2 Å². The number of rotatable bonds is 5. The molecular weight excluding hydrogens is 747 g/mol. The highest BCUT2D eigenvalue weighted by atomic mass is 19.1. The summed E-state index contributed by atoms with van der Waals surface area (Å²) in [6.07, 6.45) is 4.67. The lowest BCUT2D eigenvalue weighted by atomic mass is 9.97. The van der Waals surface area contributed by atoms with E-state index < -0.39 is 34.5 Å². The summed E-state index contributed by atoms with van der Waals surface area (Å²) in [5.74, 6) is -0.520. The van der Waals surface area contributed by atoms with Crippen LogP contribution in [0.25, 0.3) is 33.9 Å². The van der Waals surface area contributed by atoms with Crippen LogP contribution in [0.15, 0.2) is 48.6 Å². The van der Waals surface area contributed by atoms with E-state index in [-0.39, 0.29) is 41.0 Å². The molecule has 4 heterocycles. The molecule has 0 saturated carbocycles. The summed E-state index contributed by atoms with van der Waals surface area (Å²) in [5, 5.41) is 8.95. The second-order valence-corrected chi connectivity index (χ2v) is 18.1. The van der Waals surface area contributed by atoms with Crippen LogP contribution in [0.5, 0.6) is 0 Å². The SMILES string of the molecule is CC(C)(C)OC(=O)N1CC=C(c2ccc(-c3nnc(-c4ccc(C5=CCN(C(=O)OC(C)(C)C)CC5)cc4F)n3C3CCN(C(=O)OC(C)(C)C)CC3)c(F)c2)CC1. The zero-order chi connectivity index (χ0) is 42.2. The van der Waals surface area contributed by atoms with Crippen LogP contribution in [0.2, 0.25) is 0 Å². The van der Waals surface area contributed by atoms with Crippen molar-refractivity contribution in [2.75, 3.05) is 39.3 Å². The van der Waals surface area contributed by atoms with Crippen LogP contribution in [-0.4, -0.2) is 104 Å². The molecule has 3 aliphatic rings. The maximum absolute atomic E-state index is 16.3. The van der Waals surface area contributed by atoms with Gasteiger partial charge in [0.1, 0.15) is 28.4 Å². The van der Waals surface area contributed by atoms with Crippen molar-refractivity contribution in [2.24, 2.45) is 0 Å². The largest absolute Gasteiger partial charge is 0.444 e. The van der Waals surface area contributed by atoms with E-state index in [0.29, 0.717) is 76.1 Å². The third-order valence-corrected chi connectivity index (χ3v) is 10.1. The maximum atomic E-state index is 16.3. The molecule has 14 heteroatoms. The fourth-order valence-electron chi connectivity index (χ4n) is 7.28. The van der Waals surface area contributed by atoms with Gasteiger partial charge in [-0.05, 0) is 135 Å². The van der Waals surface area contributed by atoms with Crippen LogP contribution in [0, 0.1) is 11.6 Å². The molecule has 1 aromatic heterocycles. The average Bonchev–Trinajstić information content (AvgIpc) is 3.57. The van der Waals surface area contributed by atoms with E-state index in [1.807, 2.05) is 86.6 Å². The molecule has 12 nitrogen and oxygen atoms in total. The lowest BCUT2D eigenvalue weighted by molar-refractivity contribution is 0.0187. The van der Waals surface area contributed by atoms with Gasteiger partial charge in [0.15, 0.2) is 11.6 Å². The fraction of sp³-hybridized carbons (Fsp3) is 0.523. The van der Waals surface area contributed by atoms with Crippen molar-refractivity contribution in [3.05, 3.63) is 71.3 Å². The minimum Gasteiger partial charge on any atom is -0.444 e. The van der Waals surface area contributed by atoms with E-state index in [0.717, 1.165) is 11.1 Å². The van der Waals surface area contributed by atoms with Crippen LogP contribution in [0.1, 0.15) is 105 Å². The predicted molar refractivity (Wildman–Crippen MR) is 218 cm³/mol. The first-order valence-corrected chi connectivity index (χ1v) is 20.0. The van der Waals surface area contributed by atoms with Crippen LogP contribution in [0.3, 0.4) is 0 Å². The summed E-state index contributed by atoms with van der Waals surface area (Å²) in [5.41, 5.74) is 1.77. The number of likely N-dealkylation sites (tertiary alicyclic amines) is 1. The van der Waals surface area contributed by atoms with E-state index >= 15 is 8.78 Å². The highest BCUT2D eigenvalue weighted by molar-refractivity contribution is 5.76. The molecule has 0 atom stereocenters. The Morgan fingerprint density at radius 3 is 1.29 bits per heavy atom. The Kier molecular flexibility index (Phi) is 12.1. The summed E-state index contributed by atoms with van der Waals surface area (Å²) in [7, 11) is 0. The van der Waals surface area contributed by atoms with Gasteiger partial charge in [0.2, 0.25) is 0 Å². The Balaban J connectivity index is 1.28. The highest BCUT2D eigenvalue weighted by Crippen LogP contribution is 2.37. The molecule has 2 aromatic carbocycles. The normalized spacial score (nSPS) is 17.1. The van der Waals surface area contributed by atoms with Crippen LogP contribution in [-0.2, 0) is 14.2 Å². The van der Waals surface area contributed by atoms with Crippen molar-refractivity contribution < 1.29 is 37.4 Å². The Hall–Kier alpha value is -5.27. The summed E-state index contributed by atoms with van der Waals surface area (Å²) < 4.78 is 51.0. The number of halogens is 2. The van der Waals surface area contributed by atoms with E-state index in [4.69, 9.17) is 14.2 Å². The molecule has 0 bridgehead atoms. The molecule has 0 N–H and O–H groups in total. The first-order valence-electron chi connectivity index (χ1n) is 20.0. The Labute approximate surface area is 339 Å². The maximum Gasteiger partial charge on any atom is 0.410 e. The van der Waals surface area contributed by atoms with Gasteiger partial charge in [-0.2, -0.15) is 0 Å². The van der Waals surface area contributed by atoms with Crippen molar-refractivity contribution >= 4 is 29.4 Å². The smallest absolute Gasteiger partial charge is 0.410 e. The minimum atomic E-state index is -0.647. The first kappa shape index (κ1) is 42.3. The predicted octanol–water partition coefficient (Wildman–Crippen LogP) is 9.51. The lowest BCUT2D eigenvalue weighted by Gasteiger charge is -2.34. The van der Waals surface area contributed by atoms with Gasteiger partial charge in [-0.3, -0.25) is 0 Å². The van der Waals surface area contributed by atoms with Gasteiger partial charge in [0.25, 0.3) is 0 Å². The van der Waals surface area contributed by atoms with Gasteiger partial charge in [-0.25, -0.2) is 23.2 Å². The molecule has 1 fully saturated rings. The zero-order valence-electron chi connectivity index (χ0n) is 35.2. The van der Waals surface area contributed by atoms with Crippen molar-refractivity contribution in [3.8, 4) is 22.8 Å². The quantitative estimate of drug-likeness (QED) is 0.234. The number of ether oxygens (including phenoxy) is 3. The highest BCUT2D eigenvalue weighted by Gasteiger charge is 2.33. The second kappa shape index (κ2) is 16.5. The number of amides is 3. The third-order valence-electron chi connectivity index (χ3n) is 10.1. The van der Waals surface area contributed by atoms with Crippen molar-refractivity contribution in [2.45, 2.75) is 111 Å². The van der Waals surface area contributed by atoms with E-state index in [1.54, 1.807) is 31.4 Å². The molecular formula is C44H56F2N6O6. The summed E-state index contributed by atoms with van der Waals surface area (Å²) in [6, 6.07) is 9.64. The summed E-state index contributed by atoms with van der Waals surface area (Å²) >= 11 is 0. The second-order valence-electron chi connectivity index (χ2n) is 18.1. The molecule has 58 heavy (non-hydrogen) atoms. The number of nitrogens with zero attached hydrogens (tertiary/aromatic N) is 6. The lowest BCUT2D eigenvalue weighted by Crippen LogP contribution is -2.42. The fourth-order valence-corrected chi connectivity index (χ4v) is 7.28. The van der Waals surface area contributed by atoms with Gasteiger partial charge >= 0.3 is 18.3 Å².